The van der Waals surface area contributed by atoms with E-state index >= 15 is 0 Å². The largest absolute Gasteiger partial charge is 0.272 e. The Kier molecular flexibility index (Phi) is 5.80. The molecular weight excluding hydrogens is 142 g/mol. The highest BCUT2D eigenvalue weighted by molar-refractivity contribution is 5.85. The molecule has 0 aliphatic carbocycles. The van der Waals surface area contributed by atoms with Gasteiger partial charge in [0.05, 0.1) is 0 Å². The number of nitrogens with two attached hydrogens (primary N) is 1. The molecule has 2 N–H and O–H groups in total. The second-order valence-electron chi connectivity index (χ2n) is 1.71. The van der Waals surface area contributed by atoms with Crippen molar-refractivity contribution in [2.75, 3.05) is 14.1 Å². The van der Waals surface area contributed by atoms with Gasteiger partial charge in [0.15, 0.2) is 0 Å². The van der Waals surface area contributed by atoms with Crippen molar-refractivity contribution in [1.82, 2.24) is 10.1 Å². The van der Waals surface area contributed by atoms with Crippen LogP contribution < -0.4 is 5.84 Å². The summed E-state index contributed by atoms with van der Waals surface area (Å²) in [5.74, 6) is 5.00. The Balaban J connectivity index is 0. The van der Waals surface area contributed by atoms with E-state index in [1.54, 1.807) is 14.1 Å². The van der Waals surface area contributed by atoms with Crippen LogP contribution in [-0.2, 0) is 4.79 Å². The van der Waals surface area contributed by atoms with Gasteiger partial charge in [-0.3, -0.25) is 4.79 Å². The van der Waals surface area contributed by atoms with Crippen LogP contribution in [0.4, 0.5) is 0 Å². The van der Waals surface area contributed by atoms with Crippen LogP contribution in [0.15, 0.2) is 0 Å². The summed E-state index contributed by atoms with van der Waals surface area (Å²) < 4.78 is 0. The van der Waals surface area contributed by atoms with Gasteiger partial charge in [-0.15, -0.1) is 12.4 Å². The van der Waals surface area contributed by atoms with Crippen LogP contribution in [-0.4, -0.2) is 30.1 Å². The standard InChI is InChI=1S/C4H11N3O.ClH/c1-4(8)7(5)6(2)3;/h5H2,1-3H3;1H. The minimum Gasteiger partial charge on any atom is -0.272 e. The Bertz CT molecular complexity index is 95.8. The molecule has 0 aliphatic rings. The van der Waals surface area contributed by atoms with Crippen LogP contribution in [0.5, 0.6) is 0 Å². The van der Waals surface area contributed by atoms with Crippen LogP contribution in [0, 0.1) is 0 Å². The number of hydrazine groups is 2. The molecule has 0 heterocycles. The normalized spacial score (nSPS) is 8.56. The van der Waals surface area contributed by atoms with Gasteiger partial charge >= 0.3 is 0 Å². The number of amides is 1. The highest BCUT2D eigenvalue weighted by atomic mass is 35.5. The number of carbonyl (C=O) groups is 1. The summed E-state index contributed by atoms with van der Waals surface area (Å²) in [6, 6.07) is 0. The van der Waals surface area contributed by atoms with Gasteiger partial charge in [0.2, 0.25) is 5.91 Å². The average Bonchev–Trinajstić information content (AvgIpc) is 1.64. The third-order valence-corrected chi connectivity index (χ3v) is 0.754. The highest BCUT2D eigenvalue weighted by Crippen LogP contribution is 1.79. The molecule has 0 spiro atoms. The highest BCUT2D eigenvalue weighted by Gasteiger charge is 2.02. The zero-order valence-electron chi connectivity index (χ0n) is 5.79. The Labute approximate surface area is 60.9 Å². The van der Waals surface area contributed by atoms with E-state index in [2.05, 4.69) is 0 Å². The van der Waals surface area contributed by atoms with E-state index in [0.29, 0.717) is 0 Å². The minimum atomic E-state index is -0.171. The quantitative estimate of drug-likeness (QED) is 0.317. The van der Waals surface area contributed by atoms with Crippen LogP contribution in [0.3, 0.4) is 0 Å². The van der Waals surface area contributed by atoms with Crippen molar-refractivity contribution in [1.29, 1.82) is 0 Å². The second-order valence-corrected chi connectivity index (χ2v) is 1.71. The number of hydrogen-bond acceptors (Lipinski definition) is 3. The summed E-state index contributed by atoms with van der Waals surface area (Å²) >= 11 is 0. The average molecular weight is 154 g/mol. The molecule has 0 saturated carbocycles. The molecule has 0 atom stereocenters. The zero-order valence-corrected chi connectivity index (χ0v) is 6.60. The Morgan fingerprint density at radius 1 is 1.44 bits per heavy atom. The summed E-state index contributed by atoms with van der Waals surface area (Å²) in [6.45, 7) is 1.40. The molecule has 0 bridgehead atoms. The molecule has 0 radical (unpaired) electrons. The smallest absolute Gasteiger partial charge is 0.248 e. The third kappa shape index (κ3) is 4.20. The lowest BCUT2D eigenvalue weighted by atomic mass is 10.7. The maximum atomic E-state index is 10.3. The van der Waals surface area contributed by atoms with Gasteiger partial charge in [-0.1, -0.05) is 0 Å². The molecule has 56 valence electrons. The topological polar surface area (TPSA) is 49.6 Å². The summed E-state index contributed by atoms with van der Waals surface area (Å²) in [4.78, 5) is 10.3. The van der Waals surface area contributed by atoms with Crippen molar-refractivity contribution < 1.29 is 4.79 Å². The lowest BCUT2D eigenvalue weighted by Gasteiger charge is -2.20. The van der Waals surface area contributed by atoms with Gasteiger partial charge in [0, 0.05) is 21.0 Å². The van der Waals surface area contributed by atoms with E-state index in [4.69, 9.17) is 5.84 Å². The van der Waals surface area contributed by atoms with Crippen LogP contribution >= 0.6 is 12.4 Å². The number of halogens is 1. The number of nitrogens with zero attached hydrogens (tertiary/aromatic N) is 2. The van der Waals surface area contributed by atoms with E-state index in [-0.39, 0.29) is 18.3 Å². The van der Waals surface area contributed by atoms with Crippen molar-refractivity contribution in [3.8, 4) is 0 Å². The monoisotopic (exact) mass is 153 g/mol. The van der Waals surface area contributed by atoms with Crippen molar-refractivity contribution in [3.63, 3.8) is 0 Å². The molecule has 5 heteroatoms. The Morgan fingerprint density at radius 3 is 1.78 bits per heavy atom. The summed E-state index contributed by atoms with van der Waals surface area (Å²) in [5.41, 5.74) is 0. The molecule has 0 saturated heterocycles. The minimum absolute atomic E-state index is 0. The molecule has 1 amide bonds. The first-order valence-electron chi connectivity index (χ1n) is 2.28. The van der Waals surface area contributed by atoms with Crippen LogP contribution in [0.1, 0.15) is 6.92 Å². The van der Waals surface area contributed by atoms with Gasteiger partial charge in [0.1, 0.15) is 0 Å². The van der Waals surface area contributed by atoms with E-state index in [0.717, 1.165) is 5.12 Å². The lowest BCUT2D eigenvalue weighted by Crippen LogP contribution is -2.45. The van der Waals surface area contributed by atoms with Gasteiger partial charge in [-0.2, -0.15) is 0 Å². The molecule has 0 fully saturated rings. The maximum Gasteiger partial charge on any atom is 0.248 e. The molecule has 0 aromatic carbocycles. The zero-order chi connectivity index (χ0) is 6.73. The van der Waals surface area contributed by atoms with Gasteiger partial charge in [-0.05, 0) is 0 Å². The third-order valence-electron chi connectivity index (χ3n) is 0.754. The molecule has 0 aromatic rings. The predicted octanol–water partition coefficient (Wildman–Crippen LogP) is -0.393. The van der Waals surface area contributed by atoms with Crippen LogP contribution in [0.2, 0.25) is 0 Å². The first-order valence-corrected chi connectivity index (χ1v) is 2.28. The second kappa shape index (κ2) is 4.55. The molecule has 0 unspecified atom stereocenters. The van der Waals surface area contributed by atoms with Crippen LogP contribution in [0.25, 0.3) is 0 Å². The summed E-state index contributed by atoms with van der Waals surface area (Å²) in [5, 5.41) is 2.53. The van der Waals surface area contributed by atoms with E-state index < -0.39 is 0 Å². The predicted molar refractivity (Wildman–Crippen MR) is 37.6 cm³/mol. The van der Waals surface area contributed by atoms with Gasteiger partial charge in [0.25, 0.3) is 0 Å². The Hall–Kier alpha value is -0.320. The van der Waals surface area contributed by atoms with E-state index in [1.807, 2.05) is 0 Å². The first kappa shape index (κ1) is 11.5. The molecule has 0 rings (SSSR count). The van der Waals surface area contributed by atoms with Crippen molar-refractivity contribution in [2.24, 2.45) is 5.84 Å². The SMILES string of the molecule is CC(=O)N(N)N(C)C.Cl. The number of carbonyl (C=O) groups excluding carboxylic acids is 1. The fraction of sp³-hybridized carbons (Fsp3) is 0.750. The van der Waals surface area contributed by atoms with Crippen molar-refractivity contribution in [2.45, 2.75) is 6.92 Å². The van der Waals surface area contributed by atoms with Crippen molar-refractivity contribution >= 4 is 18.3 Å². The maximum absolute atomic E-state index is 10.3. The molecule has 4 nitrogen and oxygen atoms in total. The molecular formula is C4H12ClN3O. The Morgan fingerprint density at radius 2 is 1.78 bits per heavy atom. The molecule has 0 aromatic heterocycles. The van der Waals surface area contributed by atoms with E-state index in [1.165, 1.54) is 11.9 Å². The van der Waals surface area contributed by atoms with Crippen molar-refractivity contribution in [3.05, 3.63) is 0 Å². The summed E-state index contributed by atoms with van der Waals surface area (Å²) in [7, 11) is 3.39. The number of hydrogen-bond donors (Lipinski definition) is 1. The fourth-order valence-corrected chi connectivity index (χ4v) is 0.282. The van der Waals surface area contributed by atoms with E-state index in [9.17, 15) is 4.79 Å². The number of rotatable bonds is 1. The first-order chi connectivity index (χ1) is 3.55. The van der Waals surface area contributed by atoms with Gasteiger partial charge < -0.3 is 0 Å². The molecule has 9 heavy (non-hydrogen) atoms. The van der Waals surface area contributed by atoms with Gasteiger partial charge in [-0.25, -0.2) is 16.0 Å². The molecule has 0 aliphatic heterocycles. The fourth-order valence-electron chi connectivity index (χ4n) is 0.282. The lowest BCUT2D eigenvalue weighted by molar-refractivity contribution is -0.142. The summed E-state index contributed by atoms with van der Waals surface area (Å²) in [6.07, 6.45) is 0.